The fourth-order valence-electron chi connectivity index (χ4n) is 3.61. The summed E-state index contributed by atoms with van der Waals surface area (Å²) < 4.78 is 5.94. The number of carbonyl (C=O) groups is 2. The second-order valence-corrected chi connectivity index (χ2v) is 8.49. The van der Waals surface area contributed by atoms with Crippen molar-refractivity contribution in [3.05, 3.63) is 64.7 Å². The molecular weight excluding hydrogens is 400 g/mol. The van der Waals surface area contributed by atoms with Crippen LogP contribution in [0.3, 0.4) is 0 Å². The van der Waals surface area contributed by atoms with Crippen LogP contribution in [0.4, 0.5) is 0 Å². The molecule has 0 bridgehead atoms. The van der Waals surface area contributed by atoms with Crippen LogP contribution in [0.1, 0.15) is 42.6 Å². The second kappa shape index (κ2) is 10.5. The van der Waals surface area contributed by atoms with E-state index in [0.717, 1.165) is 30.7 Å². The Labute approximate surface area is 183 Å². The molecule has 1 atom stereocenters. The lowest BCUT2D eigenvalue weighted by atomic mass is 9.98. The molecule has 2 aromatic rings. The molecule has 160 valence electrons. The van der Waals surface area contributed by atoms with Crippen molar-refractivity contribution in [2.24, 2.45) is 5.92 Å². The van der Waals surface area contributed by atoms with Crippen molar-refractivity contribution in [1.29, 1.82) is 0 Å². The first-order chi connectivity index (χ1) is 14.4. The Bertz CT molecular complexity index is 867. The van der Waals surface area contributed by atoms with Crippen LogP contribution in [0.5, 0.6) is 5.75 Å². The molecule has 0 aromatic heterocycles. The van der Waals surface area contributed by atoms with Gasteiger partial charge in [-0.05, 0) is 62.6 Å². The summed E-state index contributed by atoms with van der Waals surface area (Å²) in [7, 11) is 0. The number of hydrogen-bond donors (Lipinski definition) is 1. The van der Waals surface area contributed by atoms with E-state index < -0.39 is 0 Å². The predicted octanol–water partition coefficient (Wildman–Crippen LogP) is 4.34. The third-order valence-electron chi connectivity index (χ3n) is 5.19. The van der Waals surface area contributed by atoms with E-state index in [4.69, 9.17) is 16.3 Å². The van der Waals surface area contributed by atoms with Crippen molar-refractivity contribution in [1.82, 2.24) is 10.2 Å². The lowest BCUT2D eigenvalue weighted by Gasteiger charge is -2.33. The number of rotatable bonds is 7. The van der Waals surface area contributed by atoms with Crippen LogP contribution in [-0.2, 0) is 11.2 Å². The van der Waals surface area contributed by atoms with Crippen molar-refractivity contribution in [2.45, 2.75) is 39.2 Å². The van der Waals surface area contributed by atoms with Crippen molar-refractivity contribution >= 4 is 23.4 Å². The Morgan fingerprint density at radius 1 is 1.17 bits per heavy atom. The third-order valence-corrected chi connectivity index (χ3v) is 5.56. The summed E-state index contributed by atoms with van der Waals surface area (Å²) in [5, 5.41) is 3.51. The van der Waals surface area contributed by atoms with Gasteiger partial charge in [-0.25, -0.2) is 0 Å². The summed E-state index contributed by atoms with van der Waals surface area (Å²) >= 11 is 6.19. The normalized spacial score (nSPS) is 16.4. The number of halogens is 1. The summed E-state index contributed by atoms with van der Waals surface area (Å²) in [6, 6.07) is 14.8. The van der Waals surface area contributed by atoms with E-state index in [1.165, 1.54) is 0 Å². The summed E-state index contributed by atoms with van der Waals surface area (Å²) in [6.45, 7) is 5.88. The monoisotopic (exact) mass is 428 g/mol. The summed E-state index contributed by atoms with van der Waals surface area (Å²) in [5.74, 6) is 1.04. The van der Waals surface area contributed by atoms with Crippen LogP contribution in [0.25, 0.3) is 0 Å². The van der Waals surface area contributed by atoms with Crippen LogP contribution in [0.2, 0.25) is 5.02 Å². The number of ether oxygens (including phenoxy) is 1. The first-order valence-corrected chi connectivity index (χ1v) is 10.8. The molecule has 1 aliphatic heterocycles. The maximum Gasteiger partial charge on any atom is 0.251 e. The number of benzene rings is 2. The Morgan fingerprint density at radius 3 is 2.60 bits per heavy atom. The second-order valence-electron chi connectivity index (χ2n) is 8.08. The van der Waals surface area contributed by atoms with Crippen LogP contribution in [0, 0.1) is 5.92 Å². The van der Waals surface area contributed by atoms with Gasteiger partial charge in [0, 0.05) is 35.6 Å². The Kier molecular flexibility index (Phi) is 7.75. The van der Waals surface area contributed by atoms with Gasteiger partial charge < -0.3 is 15.0 Å². The highest BCUT2D eigenvalue weighted by atomic mass is 35.5. The zero-order chi connectivity index (χ0) is 21.5. The van der Waals surface area contributed by atoms with E-state index in [1.807, 2.05) is 55.1 Å². The van der Waals surface area contributed by atoms with Crippen LogP contribution in [0.15, 0.2) is 48.5 Å². The topological polar surface area (TPSA) is 58.6 Å². The molecule has 1 unspecified atom stereocenters. The standard InChI is InChI=1S/C24H29ClN2O3/c1-17(2)26-24(29)19-9-11-21(12-10-19)30-16-18-6-5-13-27(15-18)23(28)14-20-7-3-4-8-22(20)25/h3-4,7-12,17-18H,5-6,13-16H2,1-2H3,(H,26,29). The van der Waals surface area contributed by atoms with Crippen molar-refractivity contribution in [2.75, 3.05) is 19.7 Å². The van der Waals surface area contributed by atoms with Crippen LogP contribution >= 0.6 is 11.6 Å². The molecule has 1 saturated heterocycles. The Morgan fingerprint density at radius 2 is 1.90 bits per heavy atom. The fraction of sp³-hybridized carbons (Fsp3) is 0.417. The average molecular weight is 429 g/mol. The molecule has 1 N–H and O–H groups in total. The van der Waals surface area contributed by atoms with E-state index in [2.05, 4.69) is 5.32 Å². The van der Waals surface area contributed by atoms with Crippen LogP contribution in [-0.4, -0.2) is 42.5 Å². The largest absolute Gasteiger partial charge is 0.493 e. The smallest absolute Gasteiger partial charge is 0.251 e. The molecule has 1 aliphatic rings. The van der Waals surface area contributed by atoms with Gasteiger partial charge >= 0.3 is 0 Å². The van der Waals surface area contributed by atoms with Crippen LogP contribution < -0.4 is 10.1 Å². The van der Waals surface area contributed by atoms with Crippen molar-refractivity contribution in [3.8, 4) is 5.75 Å². The zero-order valence-corrected chi connectivity index (χ0v) is 18.3. The minimum absolute atomic E-state index is 0.0866. The lowest BCUT2D eigenvalue weighted by molar-refractivity contribution is -0.132. The molecule has 30 heavy (non-hydrogen) atoms. The molecule has 0 radical (unpaired) electrons. The Balaban J connectivity index is 1.49. The first-order valence-electron chi connectivity index (χ1n) is 10.5. The zero-order valence-electron chi connectivity index (χ0n) is 17.6. The van der Waals surface area contributed by atoms with E-state index in [-0.39, 0.29) is 23.8 Å². The quantitative estimate of drug-likeness (QED) is 0.713. The van der Waals surface area contributed by atoms with Gasteiger partial charge in [0.15, 0.2) is 0 Å². The number of nitrogens with zero attached hydrogens (tertiary/aromatic N) is 1. The van der Waals surface area contributed by atoms with E-state index >= 15 is 0 Å². The van der Waals surface area contributed by atoms with Gasteiger partial charge in [-0.15, -0.1) is 0 Å². The molecule has 0 spiro atoms. The lowest BCUT2D eigenvalue weighted by Crippen LogP contribution is -2.42. The maximum absolute atomic E-state index is 12.7. The van der Waals surface area contributed by atoms with Gasteiger partial charge in [0.1, 0.15) is 5.75 Å². The number of amides is 2. The molecule has 5 nitrogen and oxygen atoms in total. The summed E-state index contributed by atoms with van der Waals surface area (Å²) in [4.78, 5) is 26.6. The number of likely N-dealkylation sites (tertiary alicyclic amines) is 1. The van der Waals surface area contributed by atoms with Gasteiger partial charge in [0.2, 0.25) is 5.91 Å². The summed E-state index contributed by atoms with van der Waals surface area (Å²) in [5.41, 5.74) is 1.48. The molecule has 2 amide bonds. The molecule has 0 aliphatic carbocycles. The van der Waals surface area contributed by atoms with Gasteiger partial charge in [-0.2, -0.15) is 0 Å². The first kappa shape index (κ1) is 22.2. The van der Waals surface area contributed by atoms with Gasteiger partial charge in [0.25, 0.3) is 5.91 Å². The summed E-state index contributed by atoms with van der Waals surface area (Å²) in [6.07, 6.45) is 2.33. The van der Waals surface area contributed by atoms with E-state index in [9.17, 15) is 9.59 Å². The van der Waals surface area contributed by atoms with E-state index in [0.29, 0.717) is 30.2 Å². The third kappa shape index (κ3) is 6.23. The van der Waals surface area contributed by atoms with Gasteiger partial charge in [-0.3, -0.25) is 9.59 Å². The highest BCUT2D eigenvalue weighted by molar-refractivity contribution is 6.31. The number of carbonyl (C=O) groups excluding carboxylic acids is 2. The fourth-order valence-corrected chi connectivity index (χ4v) is 3.81. The molecule has 6 heteroatoms. The predicted molar refractivity (Wildman–Crippen MR) is 119 cm³/mol. The van der Waals surface area contributed by atoms with E-state index in [1.54, 1.807) is 12.1 Å². The number of piperidine rings is 1. The molecule has 2 aromatic carbocycles. The molecule has 3 rings (SSSR count). The minimum Gasteiger partial charge on any atom is -0.493 e. The SMILES string of the molecule is CC(C)NC(=O)c1ccc(OCC2CCCN(C(=O)Cc3ccccc3Cl)C2)cc1. The average Bonchev–Trinajstić information content (AvgIpc) is 2.74. The molecule has 0 saturated carbocycles. The molecular formula is C24H29ClN2O3. The van der Waals surface area contributed by atoms with Crippen molar-refractivity contribution in [3.63, 3.8) is 0 Å². The molecule has 1 heterocycles. The highest BCUT2D eigenvalue weighted by Crippen LogP contribution is 2.22. The maximum atomic E-state index is 12.7. The highest BCUT2D eigenvalue weighted by Gasteiger charge is 2.24. The Hall–Kier alpha value is -2.53. The number of hydrogen-bond acceptors (Lipinski definition) is 3. The van der Waals surface area contributed by atoms with Gasteiger partial charge in [0.05, 0.1) is 13.0 Å². The van der Waals surface area contributed by atoms with Gasteiger partial charge in [-0.1, -0.05) is 29.8 Å². The molecule has 1 fully saturated rings. The van der Waals surface area contributed by atoms with Crippen molar-refractivity contribution < 1.29 is 14.3 Å². The minimum atomic E-state index is -0.0866. The number of nitrogens with one attached hydrogen (secondary N) is 1.